The van der Waals surface area contributed by atoms with Gasteiger partial charge >= 0.3 is 5.97 Å². The van der Waals surface area contributed by atoms with Crippen LogP contribution in [0.15, 0.2) is 42.6 Å². The molecule has 132 valence electrons. The summed E-state index contributed by atoms with van der Waals surface area (Å²) >= 11 is 0. The van der Waals surface area contributed by atoms with Crippen LogP contribution in [-0.2, 0) is 4.74 Å². The molecule has 0 aliphatic heterocycles. The van der Waals surface area contributed by atoms with E-state index in [2.05, 4.69) is 15.3 Å². The molecule has 0 aliphatic carbocycles. The first-order valence-corrected chi connectivity index (χ1v) is 7.99. The molecule has 2 heterocycles. The van der Waals surface area contributed by atoms with Crippen molar-refractivity contribution in [1.82, 2.24) is 9.97 Å². The summed E-state index contributed by atoms with van der Waals surface area (Å²) < 4.78 is 18.5. The van der Waals surface area contributed by atoms with Crippen LogP contribution in [0, 0.1) is 12.7 Å². The molecule has 6 nitrogen and oxygen atoms in total. The van der Waals surface area contributed by atoms with Crippen molar-refractivity contribution in [2.75, 3.05) is 11.9 Å². The molecule has 0 fully saturated rings. The number of benzene rings is 1. The normalized spacial score (nSPS) is 10.6. The van der Waals surface area contributed by atoms with E-state index in [4.69, 9.17) is 4.74 Å². The average molecular weight is 353 g/mol. The highest BCUT2D eigenvalue weighted by atomic mass is 19.1. The predicted octanol–water partition coefficient (Wildman–Crippen LogP) is 3.51. The zero-order valence-corrected chi connectivity index (χ0v) is 14.2. The van der Waals surface area contributed by atoms with Crippen molar-refractivity contribution in [1.29, 1.82) is 0 Å². The fourth-order valence-corrected chi connectivity index (χ4v) is 2.54. The standard InChI is InChI=1S/C19H16FN3O3/c1-3-26-19(25)12-6-7-21-17(9-12)23-18(24)15-8-11(2)22-16-5-4-13(20)10-14(15)16/h4-10H,3H2,1-2H3,(H,21,23,24). The van der Waals surface area contributed by atoms with Crippen molar-refractivity contribution < 1.29 is 18.7 Å². The smallest absolute Gasteiger partial charge is 0.338 e. The van der Waals surface area contributed by atoms with Crippen molar-refractivity contribution in [3.63, 3.8) is 0 Å². The summed E-state index contributed by atoms with van der Waals surface area (Å²) in [5.41, 5.74) is 1.70. The molecule has 1 amide bonds. The first-order valence-electron chi connectivity index (χ1n) is 7.99. The van der Waals surface area contributed by atoms with Crippen LogP contribution >= 0.6 is 0 Å². The van der Waals surface area contributed by atoms with Crippen molar-refractivity contribution in [2.24, 2.45) is 0 Å². The van der Waals surface area contributed by atoms with Gasteiger partial charge in [0.2, 0.25) is 0 Å². The molecule has 0 radical (unpaired) electrons. The number of ether oxygens (including phenoxy) is 1. The summed E-state index contributed by atoms with van der Waals surface area (Å²) in [5, 5.41) is 3.02. The van der Waals surface area contributed by atoms with Crippen LogP contribution in [0.5, 0.6) is 0 Å². The number of nitrogens with one attached hydrogen (secondary N) is 1. The zero-order chi connectivity index (χ0) is 18.7. The van der Waals surface area contributed by atoms with Gasteiger partial charge in [-0.1, -0.05) is 0 Å². The number of rotatable bonds is 4. The lowest BCUT2D eigenvalue weighted by Gasteiger charge is -2.09. The molecule has 0 saturated carbocycles. The molecule has 0 aliphatic rings. The van der Waals surface area contributed by atoms with Crippen LogP contribution < -0.4 is 5.32 Å². The number of pyridine rings is 2. The zero-order valence-electron chi connectivity index (χ0n) is 14.2. The Morgan fingerprint density at radius 1 is 1.19 bits per heavy atom. The van der Waals surface area contributed by atoms with Crippen molar-refractivity contribution in [2.45, 2.75) is 13.8 Å². The van der Waals surface area contributed by atoms with Crippen LogP contribution in [0.3, 0.4) is 0 Å². The maximum atomic E-state index is 13.6. The molecular formula is C19H16FN3O3. The Labute approximate surface area is 149 Å². The number of hydrogen-bond acceptors (Lipinski definition) is 5. The number of aromatic nitrogens is 2. The third kappa shape index (κ3) is 3.66. The summed E-state index contributed by atoms with van der Waals surface area (Å²) in [4.78, 5) is 32.8. The molecule has 0 saturated heterocycles. The second-order valence-electron chi connectivity index (χ2n) is 5.58. The van der Waals surface area contributed by atoms with Crippen LogP contribution in [0.4, 0.5) is 10.2 Å². The van der Waals surface area contributed by atoms with E-state index in [9.17, 15) is 14.0 Å². The van der Waals surface area contributed by atoms with Crippen LogP contribution in [-0.4, -0.2) is 28.5 Å². The maximum absolute atomic E-state index is 13.6. The molecule has 0 atom stereocenters. The fraction of sp³-hybridized carbons (Fsp3) is 0.158. The van der Waals surface area contributed by atoms with Gasteiger partial charge in [-0.3, -0.25) is 9.78 Å². The van der Waals surface area contributed by atoms with E-state index in [1.807, 2.05) is 0 Å². The molecular weight excluding hydrogens is 337 g/mol. The van der Waals surface area contributed by atoms with Crippen molar-refractivity contribution in [3.05, 3.63) is 65.2 Å². The number of nitrogens with zero attached hydrogens (tertiary/aromatic N) is 2. The van der Waals surface area contributed by atoms with E-state index in [1.54, 1.807) is 19.9 Å². The summed E-state index contributed by atoms with van der Waals surface area (Å²) in [6.07, 6.45) is 1.40. The third-order valence-corrected chi connectivity index (χ3v) is 3.66. The molecule has 2 aromatic heterocycles. The number of carbonyl (C=O) groups is 2. The fourth-order valence-electron chi connectivity index (χ4n) is 2.54. The van der Waals surface area contributed by atoms with Gasteiger partial charge in [0.05, 0.1) is 23.3 Å². The summed E-state index contributed by atoms with van der Waals surface area (Å²) in [6.45, 7) is 3.70. The number of anilines is 1. The van der Waals surface area contributed by atoms with Crippen LogP contribution in [0.2, 0.25) is 0 Å². The van der Waals surface area contributed by atoms with Gasteiger partial charge in [0.15, 0.2) is 0 Å². The number of halogens is 1. The Bertz CT molecular complexity index is 1000. The molecule has 1 aromatic carbocycles. The van der Waals surface area contributed by atoms with Gasteiger partial charge < -0.3 is 10.1 Å². The topological polar surface area (TPSA) is 81.2 Å². The molecule has 7 heteroatoms. The Morgan fingerprint density at radius 2 is 2.00 bits per heavy atom. The van der Waals surface area contributed by atoms with Crippen molar-refractivity contribution >= 4 is 28.6 Å². The van der Waals surface area contributed by atoms with E-state index >= 15 is 0 Å². The molecule has 1 N–H and O–H groups in total. The Hall–Kier alpha value is -3.35. The Balaban J connectivity index is 1.94. The maximum Gasteiger partial charge on any atom is 0.338 e. The molecule has 3 rings (SSSR count). The van der Waals surface area contributed by atoms with E-state index in [-0.39, 0.29) is 23.6 Å². The molecule has 3 aromatic rings. The highest BCUT2D eigenvalue weighted by Crippen LogP contribution is 2.21. The van der Waals surface area contributed by atoms with Crippen LogP contribution in [0.1, 0.15) is 33.3 Å². The lowest BCUT2D eigenvalue weighted by molar-refractivity contribution is 0.0526. The monoisotopic (exact) mass is 353 g/mol. The first-order chi connectivity index (χ1) is 12.5. The highest BCUT2D eigenvalue weighted by Gasteiger charge is 2.15. The van der Waals surface area contributed by atoms with Gasteiger partial charge in [0.25, 0.3) is 5.91 Å². The molecule has 0 bridgehead atoms. The number of esters is 1. The van der Waals surface area contributed by atoms with E-state index in [0.29, 0.717) is 16.6 Å². The van der Waals surface area contributed by atoms with Gasteiger partial charge in [-0.15, -0.1) is 0 Å². The minimum Gasteiger partial charge on any atom is -0.462 e. The predicted molar refractivity (Wildman–Crippen MR) is 94.6 cm³/mol. The summed E-state index contributed by atoms with van der Waals surface area (Å²) in [5.74, 6) is -1.24. The molecule has 0 unspecified atom stereocenters. The molecule has 26 heavy (non-hydrogen) atoms. The quantitative estimate of drug-likeness (QED) is 0.726. The number of fused-ring (bicyclic) bond motifs is 1. The second kappa shape index (κ2) is 7.26. The minimum atomic E-state index is -0.502. The van der Waals surface area contributed by atoms with E-state index < -0.39 is 17.7 Å². The SMILES string of the molecule is CCOC(=O)c1ccnc(NC(=O)c2cc(C)nc3ccc(F)cc23)c1. The summed E-state index contributed by atoms with van der Waals surface area (Å²) in [7, 11) is 0. The van der Waals surface area contributed by atoms with Gasteiger partial charge in [0.1, 0.15) is 11.6 Å². The number of aryl methyl sites for hydroxylation is 1. The minimum absolute atomic E-state index is 0.194. The second-order valence-corrected chi connectivity index (χ2v) is 5.58. The van der Waals surface area contributed by atoms with E-state index in [1.165, 1.54) is 36.5 Å². The molecule has 0 spiro atoms. The van der Waals surface area contributed by atoms with Gasteiger partial charge in [-0.05, 0) is 50.2 Å². The number of amides is 1. The first kappa shape index (κ1) is 17.5. The number of hydrogen-bond donors (Lipinski definition) is 1. The van der Waals surface area contributed by atoms with Gasteiger partial charge in [0, 0.05) is 17.3 Å². The summed E-state index contributed by atoms with van der Waals surface area (Å²) in [6, 6.07) is 8.57. The van der Waals surface area contributed by atoms with Gasteiger partial charge in [-0.25, -0.2) is 14.2 Å². The highest BCUT2D eigenvalue weighted by molar-refractivity contribution is 6.12. The lowest BCUT2D eigenvalue weighted by atomic mass is 10.1. The Kier molecular flexibility index (Phi) is 4.88. The average Bonchev–Trinajstić information content (AvgIpc) is 2.62. The third-order valence-electron chi connectivity index (χ3n) is 3.66. The van der Waals surface area contributed by atoms with E-state index in [0.717, 1.165) is 0 Å². The van der Waals surface area contributed by atoms with Crippen molar-refractivity contribution in [3.8, 4) is 0 Å². The largest absolute Gasteiger partial charge is 0.462 e. The Morgan fingerprint density at radius 3 is 2.77 bits per heavy atom. The van der Waals surface area contributed by atoms with Gasteiger partial charge in [-0.2, -0.15) is 0 Å². The number of carbonyl (C=O) groups excluding carboxylic acids is 2. The lowest BCUT2D eigenvalue weighted by Crippen LogP contribution is -2.15. The van der Waals surface area contributed by atoms with Crippen LogP contribution in [0.25, 0.3) is 10.9 Å².